The van der Waals surface area contributed by atoms with Crippen LogP contribution < -0.4 is 21.9 Å². The first-order valence-electron chi connectivity index (χ1n) is 13.5. The Labute approximate surface area is 236 Å². The molecule has 2 rings (SSSR count). The number of ether oxygens (including phenoxy) is 1. The van der Waals surface area contributed by atoms with Gasteiger partial charge in [0.25, 0.3) is 5.56 Å². The van der Waals surface area contributed by atoms with Crippen LogP contribution >= 0.6 is 8.38 Å². The Morgan fingerprint density at radius 3 is 2.54 bits per heavy atom. The summed E-state index contributed by atoms with van der Waals surface area (Å²) in [6.45, 7) is 4.26. The molecule has 4 unspecified atom stereocenters. The van der Waals surface area contributed by atoms with Crippen LogP contribution in [0.15, 0.2) is 15.8 Å². The summed E-state index contributed by atoms with van der Waals surface area (Å²) in [5, 5.41) is 13.2. The van der Waals surface area contributed by atoms with Gasteiger partial charge < -0.3 is 24.4 Å². The lowest BCUT2D eigenvalue weighted by Crippen LogP contribution is -2.37. The molecule has 0 bridgehead atoms. The molecule has 1 aromatic heterocycles. The van der Waals surface area contributed by atoms with Crippen molar-refractivity contribution in [1.29, 1.82) is 5.26 Å². The maximum Gasteiger partial charge on any atom is 0.471 e. The summed E-state index contributed by atoms with van der Waals surface area (Å²) in [4.78, 5) is 50.2. The first kappa shape index (κ1) is 34.4. The molecule has 16 heteroatoms. The van der Waals surface area contributed by atoms with Gasteiger partial charge in [-0.3, -0.25) is 23.9 Å². The number of halogens is 3. The Morgan fingerprint density at radius 1 is 1.22 bits per heavy atom. The number of nitrogens with zero attached hydrogens (tertiary/aromatic N) is 2. The Hall–Kier alpha value is -2.79. The quantitative estimate of drug-likeness (QED) is 0.180. The summed E-state index contributed by atoms with van der Waals surface area (Å²) in [5.41, 5.74) is -0.970. The van der Waals surface area contributed by atoms with Gasteiger partial charge in [-0.05, 0) is 25.7 Å². The van der Waals surface area contributed by atoms with Crippen LogP contribution in [0, 0.1) is 11.3 Å². The predicted molar refractivity (Wildman–Crippen MR) is 143 cm³/mol. The molecular weight excluding hydrogens is 570 g/mol. The van der Waals surface area contributed by atoms with E-state index in [0.29, 0.717) is 45.1 Å². The summed E-state index contributed by atoms with van der Waals surface area (Å²) in [5.74, 6) is -2.24. The Morgan fingerprint density at radius 2 is 1.90 bits per heavy atom. The van der Waals surface area contributed by atoms with Gasteiger partial charge in [0.05, 0.1) is 31.3 Å². The molecule has 0 aliphatic carbocycles. The maximum atomic E-state index is 12.5. The normalized spacial score (nSPS) is 19.5. The third-order valence-corrected chi connectivity index (χ3v) is 7.41. The largest absolute Gasteiger partial charge is 0.471 e. The van der Waals surface area contributed by atoms with E-state index in [1.165, 1.54) is 10.8 Å². The number of rotatable bonds is 17. The van der Waals surface area contributed by atoms with Crippen LogP contribution in [0.2, 0.25) is 0 Å². The summed E-state index contributed by atoms with van der Waals surface area (Å²) >= 11 is 0. The lowest BCUT2D eigenvalue weighted by Gasteiger charge is -2.20. The summed E-state index contributed by atoms with van der Waals surface area (Å²) in [6, 6.07) is 2.00. The minimum Gasteiger partial charge on any atom is -0.356 e. The fraction of sp³-hybridized carbons (Fsp3) is 0.720. The van der Waals surface area contributed by atoms with Crippen molar-refractivity contribution in [2.45, 2.75) is 89.3 Å². The highest BCUT2D eigenvalue weighted by Crippen LogP contribution is 2.42. The molecule has 0 radical (unpaired) electrons. The minimum atomic E-state index is -4.89. The minimum absolute atomic E-state index is 0.0137. The molecule has 4 atom stereocenters. The highest BCUT2D eigenvalue weighted by molar-refractivity contribution is 7.46. The second kappa shape index (κ2) is 17.2. The second-order valence-corrected chi connectivity index (χ2v) is 10.8. The van der Waals surface area contributed by atoms with E-state index >= 15 is 0 Å². The summed E-state index contributed by atoms with van der Waals surface area (Å²) < 4.78 is 55.2. The Bertz CT molecular complexity index is 1150. The molecule has 230 valence electrons. The van der Waals surface area contributed by atoms with E-state index in [9.17, 15) is 32.3 Å². The molecule has 41 heavy (non-hydrogen) atoms. The lowest BCUT2D eigenvalue weighted by molar-refractivity contribution is -0.173. The molecule has 12 nitrogen and oxygen atoms in total. The highest BCUT2D eigenvalue weighted by atomic mass is 31.2. The maximum absolute atomic E-state index is 12.5. The number of aromatic nitrogens is 2. The zero-order valence-corrected chi connectivity index (χ0v) is 24.0. The number of H-pyrrole nitrogens is 1. The van der Waals surface area contributed by atoms with E-state index in [4.69, 9.17) is 19.0 Å². The molecule has 3 N–H and O–H groups in total. The third-order valence-electron chi connectivity index (χ3n) is 6.30. The van der Waals surface area contributed by atoms with Gasteiger partial charge in [-0.1, -0.05) is 19.8 Å². The molecule has 1 aliphatic rings. The van der Waals surface area contributed by atoms with E-state index in [1.54, 1.807) is 12.0 Å². The fourth-order valence-corrected chi connectivity index (χ4v) is 5.19. The van der Waals surface area contributed by atoms with Crippen LogP contribution in [0.5, 0.6) is 0 Å². The van der Waals surface area contributed by atoms with Gasteiger partial charge in [-0.15, -0.1) is 0 Å². The number of unbranched alkanes of at least 4 members (excludes halogenated alkanes) is 3. The van der Waals surface area contributed by atoms with Crippen LogP contribution in [0.3, 0.4) is 0 Å². The number of nitrogens with one attached hydrogen (secondary N) is 3. The zero-order valence-electron chi connectivity index (χ0n) is 23.1. The van der Waals surface area contributed by atoms with Crippen molar-refractivity contribution in [2.24, 2.45) is 0 Å². The Balaban J connectivity index is 1.79. The number of alkyl halides is 3. The van der Waals surface area contributed by atoms with Gasteiger partial charge in [-0.2, -0.15) is 18.4 Å². The van der Waals surface area contributed by atoms with Gasteiger partial charge >= 0.3 is 17.8 Å². The van der Waals surface area contributed by atoms with Crippen LogP contribution in [-0.2, 0) is 29.8 Å². The van der Waals surface area contributed by atoms with Crippen molar-refractivity contribution in [1.82, 2.24) is 20.2 Å². The summed E-state index contributed by atoms with van der Waals surface area (Å²) in [7, 11) is -1.25. The number of aryl methyl sites for hydroxylation is 1. The number of hydrogen-bond acceptors (Lipinski definition) is 8. The van der Waals surface area contributed by atoms with E-state index in [0.717, 1.165) is 0 Å². The van der Waals surface area contributed by atoms with Gasteiger partial charge in [-0.25, -0.2) is 4.79 Å². The number of amides is 2. The van der Waals surface area contributed by atoms with Crippen molar-refractivity contribution in [3.63, 3.8) is 0 Å². The smallest absolute Gasteiger partial charge is 0.356 e. The molecule has 1 aromatic rings. The first-order chi connectivity index (χ1) is 19.5. The zero-order chi connectivity index (χ0) is 30.4. The van der Waals surface area contributed by atoms with Crippen LogP contribution in [-0.4, -0.2) is 66.1 Å². The number of nitriles is 1. The molecule has 2 heterocycles. The average Bonchev–Trinajstić information content (AvgIpc) is 3.31. The second-order valence-electron chi connectivity index (χ2n) is 9.44. The average molecular weight is 608 g/mol. The van der Waals surface area contributed by atoms with E-state index in [-0.39, 0.29) is 56.1 Å². The van der Waals surface area contributed by atoms with Crippen molar-refractivity contribution in [3.05, 3.63) is 32.6 Å². The molecule has 0 aromatic carbocycles. The number of carbonyl (C=O) groups excluding carboxylic acids is 2. The fourth-order valence-electron chi connectivity index (χ4n) is 4.17. The predicted octanol–water partition coefficient (Wildman–Crippen LogP) is 2.78. The van der Waals surface area contributed by atoms with Crippen LogP contribution in [0.4, 0.5) is 13.2 Å². The van der Waals surface area contributed by atoms with Crippen molar-refractivity contribution in [3.8, 4) is 6.07 Å². The van der Waals surface area contributed by atoms with Crippen LogP contribution in [0.25, 0.3) is 0 Å². The van der Waals surface area contributed by atoms with Crippen molar-refractivity contribution < 1.29 is 36.5 Å². The number of aromatic amines is 1. The van der Waals surface area contributed by atoms with Gasteiger partial charge in [0.15, 0.2) is 8.38 Å². The summed E-state index contributed by atoms with van der Waals surface area (Å²) in [6.07, 6.45) is -1.20. The van der Waals surface area contributed by atoms with Gasteiger partial charge in [0.2, 0.25) is 5.91 Å². The topological polar surface area (TPSA) is 165 Å². The standard InChI is InChI=1S/C25H37F3N5O7P/c1-3-18-19(40-41(2)38-14-8-11-29)15-21(39-18)33-16-17(22(35)32-24(33)37)9-10-20(34)30-12-6-4-5-7-13-31-23(36)25(26,27)28/h16,18-19,21H,3-10,12-15H2,1-2H3,(H,30,34)(H,31,36)(H,32,35,37). The Kier molecular flexibility index (Phi) is 14.5. The third kappa shape index (κ3) is 11.9. The number of carbonyl (C=O) groups is 2. The molecular formula is C25H37F3N5O7P. The first-order valence-corrected chi connectivity index (χ1v) is 15.1. The van der Waals surface area contributed by atoms with Crippen molar-refractivity contribution in [2.75, 3.05) is 26.4 Å². The molecule has 0 spiro atoms. The van der Waals surface area contributed by atoms with Crippen LogP contribution in [0.1, 0.15) is 70.1 Å². The van der Waals surface area contributed by atoms with E-state index in [1.807, 2.05) is 13.0 Å². The SMILES string of the molecule is CCC1OC(n2cc(CCC(=O)NCCCCCCNC(=O)C(F)(F)F)c(=O)[nH]c2=O)CC1OP(C)OCCC#N. The monoisotopic (exact) mass is 607 g/mol. The number of hydrogen-bond donors (Lipinski definition) is 3. The van der Waals surface area contributed by atoms with E-state index < -0.39 is 37.9 Å². The molecule has 1 aliphatic heterocycles. The molecule has 0 saturated carbocycles. The van der Waals surface area contributed by atoms with Gasteiger partial charge in [0, 0.05) is 44.4 Å². The molecule has 2 amide bonds. The van der Waals surface area contributed by atoms with Gasteiger partial charge in [0.1, 0.15) is 6.23 Å². The van der Waals surface area contributed by atoms with Crippen molar-refractivity contribution >= 4 is 20.2 Å². The molecule has 1 fully saturated rings. The molecule has 1 saturated heterocycles. The van der Waals surface area contributed by atoms with E-state index in [2.05, 4.69) is 10.3 Å². The highest BCUT2D eigenvalue weighted by Gasteiger charge is 2.38. The lowest BCUT2D eigenvalue weighted by atomic mass is 10.1.